The number of hydrogen-bond donors (Lipinski definition) is 0. The molecule has 0 aromatic heterocycles. The van der Waals surface area contributed by atoms with Gasteiger partial charge in [0.15, 0.2) is 6.10 Å². The second-order valence-electron chi connectivity index (χ2n) is 21.6. The number of unbranched alkanes of at least 4 members (excludes halogenated alkanes) is 28. The molecule has 1 atom stereocenters. The van der Waals surface area contributed by atoms with E-state index >= 15 is 0 Å². The monoisotopic (exact) mass is 1090 g/mol. The van der Waals surface area contributed by atoms with Crippen LogP contribution in [0.15, 0.2) is 122 Å². The summed E-state index contributed by atoms with van der Waals surface area (Å²) in [6.07, 6.45) is 92.2. The predicted molar refractivity (Wildman–Crippen MR) is 343 cm³/mol. The first-order valence-electron chi connectivity index (χ1n) is 33.0. The zero-order valence-corrected chi connectivity index (χ0v) is 51.6. The van der Waals surface area contributed by atoms with Crippen molar-refractivity contribution in [2.75, 3.05) is 13.2 Å². The minimum absolute atomic E-state index is 0.0807. The summed E-state index contributed by atoms with van der Waals surface area (Å²) in [5.41, 5.74) is 0. The van der Waals surface area contributed by atoms with Crippen LogP contribution in [0.4, 0.5) is 0 Å². The summed E-state index contributed by atoms with van der Waals surface area (Å²) < 4.78 is 16.9. The van der Waals surface area contributed by atoms with E-state index in [1.807, 2.05) is 0 Å². The summed E-state index contributed by atoms with van der Waals surface area (Å²) in [4.78, 5) is 38.3. The number of carbonyl (C=O) groups is 3. The Morgan fingerprint density at radius 2 is 0.494 bits per heavy atom. The van der Waals surface area contributed by atoms with Crippen molar-refractivity contribution in [1.82, 2.24) is 0 Å². The first kappa shape index (κ1) is 74.8. The van der Waals surface area contributed by atoms with Gasteiger partial charge in [-0.05, 0) is 109 Å². The third kappa shape index (κ3) is 64.5. The first-order chi connectivity index (χ1) is 39.0. The van der Waals surface area contributed by atoms with Crippen molar-refractivity contribution >= 4 is 17.9 Å². The van der Waals surface area contributed by atoms with E-state index in [0.29, 0.717) is 19.3 Å². The second-order valence-corrected chi connectivity index (χ2v) is 21.6. The number of allylic oxidation sites excluding steroid dienone is 20. The van der Waals surface area contributed by atoms with Gasteiger partial charge in [-0.2, -0.15) is 0 Å². The molecule has 0 rings (SSSR count). The SMILES string of the molecule is CC/C=C\C/C=C\C/C=C\C/C=C\C/C=C\C/C=C\CCCCCCCCCCC(=O)OCC(COC(=O)CCCCCCCCCCC)OC(=O)CCCCCCCCCCCCCC/C=C\C/C=C\C/C=C\C/C=C\CC. The van der Waals surface area contributed by atoms with Crippen molar-refractivity contribution in [3.63, 3.8) is 0 Å². The molecular formula is C73H122O6. The van der Waals surface area contributed by atoms with E-state index in [2.05, 4.69) is 142 Å². The van der Waals surface area contributed by atoms with Gasteiger partial charge in [-0.25, -0.2) is 0 Å². The van der Waals surface area contributed by atoms with Gasteiger partial charge in [0.1, 0.15) is 13.2 Å². The molecule has 0 amide bonds. The van der Waals surface area contributed by atoms with Gasteiger partial charge in [0.05, 0.1) is 0 Å². The maximum absolute atomic E-state index is 12.9. The highest BCUT2D eigenvalue weighted by Gasteiger charge is 2.19. The molecule has 6 heteroatoms. The Morgan fingerprint density at radius 1 is 0.266 bits per heavy atom. The molecule has 0 fully saturated rings. The van der Waals surface area contributed by atoms with E-state index in [9.17, 15) is 14.4 Å². The molecule has 6 nitrogen and oxygen atoms in total. The minimum atomic E-state index is -0.784. The number of esters is 3. The van der Waals surface area contributed by atoms with Gasteiger partial charge in [-0.3, -0.25) is 14.4 Å². The zero-order chi connectivity index (χ0) is 57.1. The standard InChI is InChI=1S/C73H122O6/c1-4-7-10-13-16-19-21-23-25-27-29-31-33-35-36-38-39-41-43-45-47-49-51-54-57-60-63-66-72(75)78-69-70(68-77-71(74)65-62-59-56-53-18-15-12-9-6-3)79-73(76)67-64-61-58-55-52-50-48-46-44-42-40-37-34-32-30-28-26-24-22-20-17-14-11-8-5-2/h7-8,10-11,16-17,19-20,23-26,29-32,35-36,39,41,70H,4-6,9,12-15,18,21-22,27-28,33-34,37-38,40,42-69H2,1-3H3/b10-7-,11-8-,19-16-,20-17-,25-23-,26-24-,31-29-,32-30-,36-35-,41-39-. The maximum atomic E-state index is 12.9. The fourth-order valence-corrected chi connectivity index (χ4v) is 9.09. The first-order valence-corrected chi connectivity index (χ1v) is 33.0. The number of hydrogen-bond acceptors (Lipinski definition) is 6. The number of carbonyl (C=O) groups excluding carboxylic acids is 3. The third-order valence-electron chi connectivity index (χ3n) is 14.0. The molecule has 0 spiro atoms. The molecule has 0 saturated heterocycles. The van der Waals surface area contributed by atoms with Gasteiger partial charge < -0.3 is 14.2 Å². The van der Waals surface area contributed by atoms with Crippen molar-refractivity contribution in [3.05, 3.63) is 122 Å². The van der Waals surface area contributed by atoms with Crippen molar-refractivity contribution in [1.29, 1.82) is 0 Å². The van der Waals surface area contributed by atoms with E-state index in [-0.39, 0.29) is 31.1 Å². The highest BCUT2D eigenvalue weighted by molar-refractivity contribution is 5.71. The molecule has 79 heavy (non-hydrogen) atoms. The lowest BCUT2D eigenvalue weighted by molar-refractivity contribution is -0.167. The highest BCUT2D eigenvalue weighted by Crippen LogP contribution is 2.16. The molecule has 0 saturated carbocycles. The topological polar surface area (TPSA) is 78.9 Å². The normalized spacial score (nSPS) is 12.9. The minimum Gasteiger partial charge on any atom is -0.462 e. The van der Waals surface area contributed by atoms with Crippen LogP contribution < -0.4 is 0 Å². The summed E-state index contributed by atoms with van der Waals surface area (Å²) >= 11 is 0. The fraction of sp³-hybridized carbons (Fsp3) is 0.685. The molecule has 0 heterocycles. The average Bonchev–Trinajstić information content (AvgIpc) is 3.45. The van der Waals surface area contributed by atoms with Crippen LogP contribution >= 0.6 is 0 Å². The van der Waals surface area contributed by atoms with E-state index in [1.54, 1.807) is 0 Å². The van der Waals surface area contributed by atoms with E-state index in [4.69, 9.17) is 14.2 Å². The molecule has 0 aliphatic heterocycles. The molecule has 0 aliphatic rings. The van der Waals surface area contributed by atoms with Gasteiger partial charge in [-0.1, -0.05) is 296 Å². The van der Waals surface area contributed by atoms with Crippen molar-refractivity contribution < 1.29 is 28.6 Å². The van der Waals surface area contributed by atoms with E-state index < -0.39 is 6.10 Å². The number of ether oxygens (including phenoxy) is 3. The van der Waals surface area contributed by atoms with Crippen molar-refractivity contribution in [3.8, 4) is 0 Å². The summed E-state index contributed by atoms with van der Waals surface area (Å²) in [5, 5.41) is 0. The van der Waals surface area contributed by atoms with Gasteiger partial charge in [0, 0.05) is 19.3 Å². The molecular weight excluding hydrogens is 973 g/mol. The van der Waals surface area contributed by atoms with Crippen molar-refractivity contribution in [2.45, 2.75) is 309 Å². The maximum Gasteiger partial charge on any atom is 0.306 e. The van der Waals surface area contributed by atoms with Crippen LogP contribution in [-0.4, -0.2) is 37.2 Å². The smallest absolute Gasteiger partial charge is 0.306 e. The van der Waals surface area contributed by atoms with Crippen LogP contribution in [0.1, 0.15) is 303 Å². The molecule has 1 unspecified atom stereocenters. The van der Waals surface area contributed by atoms with E-state index in [0.717, 1.165) is 128 Å². The summed E-state index contributed by atoms with van der Waals surface area (Å²) in [7, 11) is 0. The predicted octanol–water partition coefficient (Wildman–Crippen LogP) is 22.8. The highest BCUT2D eigenvalue weighted by atomic mass is 16.6. The molecule has 0 bridgehead atoms. The molecule has 450 valence electrons. The lowest BCUT2D eigenvalue weighted by Crippen LogP contribution is -2.30. The van der Waals surface area contributed by atoms with Gasteiger partial charge in [0.2, 0.25) is 0 Å². The zero-order valence-electron chi connectivity index (χ0n) is 51.6. The Hall–Kier alpha value is -4.19. The Bertz CT molecular complexity index is 1640. The number of rotatable bonds is 59. The lowest BCUT2D eigenvalue weighted by atomic mass is 10.0. The fourth-order valence-electron chi connectivity index (χ4n) is 9.09. The third-order valence-corrected chi connectivity index (χ3v) is 14.0. The summed E-state index contributed by atoms with van der Waals surface area (Å²) in [6.45, 7) is 6.40. The van der Waals surface area contributed by atoms with Crippen LogP contribution in [0.5, 0.6) is 0 Å². The quantitative estimate of drug-likeness (QED) is 0.0261. The molecule has 0 aromatic carbocycles. The van der Waals surface area contributed by atoms with E-state index in [1.165, 1.54) is 135 Å². The largest absolute Gasteiger partial charge is 0.462 e. The van der Waals surface area contributed by atoms with Gasteiger partial charge in [0.25, 0.3) is 0 Å². The van der Waals surface area contributed by atoms with Gasteiger partial charge >= 0.3 is 17.9 Å². The Kier molecular flexibility index (Phi) is 62.8. The van der Waals surface area contributed by atoms with Crippen LogP contribution in [0, 0.1) is 0 Å². The molecule has 0 aliphatic carbocycles. The van der Waals surface area contributed by atoms with Gasteiger partial charge in [-0.15, -0.1) is 0 Å². The molecule has 0 N–H and O–H groups in total. The van der Waals surface area contributed by atoms with Crippen LogP contribution in [0.25, 0.3) is 0 Å². The van der Waals surface area contributed by atoms with Crippen LogP contribution in [-0.2, 0) is 28.6 Å². The summed E-state index contributed by atoms with van der Waals surface area (Å²) in [6, 6.07) is 0. The van der Waals surface area contributed by atoms with Crippen molar-refractivity contribution in [2.24, 2.45) is 0 Å². The Labute approximate surface area is 488 Å². The Morgan fingerprint density at radius 3 is 0.772 bits per heavy atom. The average molecular weight is 1100 g/mol. The van der Waals surface area contributed by atoms with Crippen LogP contribution in [0.3, 0.4) is 0 Å². The van der Waals surface area contributed by atoms with Crippen LogP contribution in [0.2, 0.25) is 0 Å². The lowest BCUT2D eigenvalue weighted by Gasteiger charge is -2.18. The second kappa shape index (κ2) is 66.3. The Balaban J connectivity index is 4.23. The summed E-state index contributed by atoms with van der Waals surface area (Å²) in [5.74, 6) is -0.887. The molecule has 0 aromatic rings. The molecule has 0 radical (unpaired) electrons.